The van der Waals surface area contributed by atoms with Gasteiger partial charge in [-0.15, -0.1) is 10.2 Å². The number of hydrogen-bond donors (Lipinski definition) is 1. The van der Waals surface area contributed by atoms with Crippen LogP contribution in [-0.2, 0) is 17.3 Å². The number of para-hydroxylation sites is 1. The second kappa shape index (κ2) is 5.01. The van der Waals surface area contributed by atoms with Crippen LogP contribution >= 0.6 is 0 Å². The normalized spacial score (nSPS) is 12.7. The van der Waals surface area contributed by atoms with E-state index < -0.39 is 10.8 Å². The molecule has 0 spiro atoms. The van der Waals surface area contributed by atoms with E-state index in [1.807, 2.05) is 24.3 Å². The van der Waals surface area contributed by atoms with Crippen LogP contribution in [0.3, 0.4) is 0 Å². The highest BCUT2D eigenvalue weighted by atomic mass is 32.2. The van der Waals surface area contributed by atoms with E-state index in [0.717, 1.165) is 10.9 Å². The predicted octanol–water partition coefficient (Wildman–Crippen LogP) is 1.38. The van der Waals surface area contributed by atoms with Crippen molar-refractivity contribution in [2.24, 2.45) is 0 Å². The third-order valence-electron chi connectivity index (χ3n) is 3.04. The van der Waals surface area contributed by atoms with Crippen LogP contribution in [0, 0.1) is 0 Å². The van der Waals surface area contributed by atoms with Gasteiger partial charge in [0.1, 0.15) is 6.33 Å². The van der Waals surface area contributed by atoms with Gasteiger partial charge < -0.3 is 4.98 Å². The van der Waals surface area contributed by atoms with E-state index in [9.17, 15) is 9.00 Å². The number of hydrogen-bond acceptors (Lipinski definition) is 4. The molecule has 7 heteroatoms. The SMILES string of the molecule is C[S@@](=O)c1nncn1CC(=O)c1c[nH]c2ccccc12. The molecule has 20 heavy (non-hydrogen) atoms. The summed E-state index contributed by atoms with van der Waals surface area (Å²) in [7, 11) is -1.27. The van der Waals surface area contributed by atoms with E-state index in [1.54, 1.807) is 6.20 Å². The van der Waals surface area contributed by atoms with Gasteiger partial charge in [0.2, 0.25) is 5.16 Å². The molecule has 0 radical (unpaired) electrons. The molecule has 0 aliphatic heterocycles. The Morgan fingerprint density at radius 1 is 1.40 bits per heavy atom. The number of Topliss-reactive ketones (excluding diaryl/α,β-unsaturated/α-hetero) is 1. The number of aromatic amines is 1. The van der Waals surface area contributed by atoms with E-state index >= 15 is 0 Å². The van der Waals surface area contributed by atoms with E-state index in [1.165, 1.54) is 17.2 Å². The van der Waals surface area contributed by atoms with Crippen molar-refractivity contribution < 1.29 is 9.00 Å². The lowest BCUT2D eigenvalue weighted by Gasteiger charge is -2.03. The molecule has 3 aromatic rings. The third-order valence-corrected chi connectivity index (χ3v) is 3.87. The molecule has 6 nitrogen and oxygen atoms in total. The molecule has 0 fully saturated rings. The van der Waals surface area contributed by atoms with Crippen LogP contribution in [-0.4, -0.2) is 36.0 Å². The lowest BCUT2D eigenvalue weighted by atomic mass is 10.1. The number of ketones is 1. The predicted molar refractivity (Wildman–Crippen MR) is 75.0 cm³/mol. The van der Waals surface area contributed by atoms with Gasteiger partial charge in [0.15, 0.2) is 5.78 Å². The van der Waals surface area contributed by atoms with Crippen molar-refractivity contribution >= 4 is 27.5 Å². The number of benzene rings is 1. The Balaban J connectivity index is 1.93. The Bertz CT molecular complexity index is 805. The molecule has 0 amide bonds. The first-order valence-electron chi connectivity index (χ1n) is 5.97. The van der Waals surface area contributed by atoms with E-state index in [0.29, 0.717) is 10.7 Å². The van der Waals surface area contributed by atoms with Crippen molar-refractivity contribution in [2.75, 3.05) is 6.26 Å². The number of rotatable bonds is 4. The molecule has 0 bridgehead atoms. The van der Waals surface area contributed by atoms with Crippen molar-refractivity contribution in [3.05, 3.63) is 42.4 Å². The molecule has 1 aromatic carbocycles. The van der Waals surface area contributed by atoms with E-state index in [4.69, 9.17) is 0 Å². The zero-order chi connectivity index (χ0) is 14.1. The topological polar surface area (TPSA) is 80.6 Å². The summed E-state index contributed by atoms with van der Waals surface area (Å²) in [5.74, 6) is -0.0750. The van der Waals surface area contributed by atoms with Crippen LogP contribution in [0.4, 0.5) is 0 Å². The summed E-state index contributed by atoms with van der Waals surface area (Å²) in [5, 5.41) is 8.65. The van der Waals surface area contributed by atoms with Crippen LogP contribution in [0.1, 0.15) is 10.4 Å². The Hall–Kier alpha value is -2.28. The average molecular weight is 288 g/mol. The second-order valence-corrected chi connectivity index (χ2v) is 5.64. The largest absolute Gasteiger partial charge is 0.360 e. The number of H-pyrrole nitrogens is 1. The third kappa shape index (κ3) is 2.16. The summed E-state index contributed by atoms with van der Waals surface area (Å²) in [6.07, 6.45) is 4.63. The minimum absolute atomic E-state index is 0.0732. The van der Waals surface area contributed by atoms with Gasteiger partial charge in [-0.05, 0) is 6.07 Å². The molecular weight excluding hydrogens is 276 g/mol. The number of fused-ring (bicyclic) bond motifs is 1. The molecule has 2 aromatic heterocycles. The second-order valence-electron chi connectivity index (χ2n) is 4.37. The molecule has 1 N–H and O–H groups in total. The van der Waals surface area contributed by atoms with Crippen LogP contribution in [0.2, 0.25) is 0 Å². The zero-order valence-electron chi connectivity index (χ0n) is 10.7. The van der Waals surface area contributed by atoms with Crippen LogP contribution < -0.4 is 0 Å². The van der Waals surface area contributed by atoms with Gasteiger partial charge in [-0.1, -0.05) is 18.2 Å². The van der Waals surface area contributed by atoms with Gasteiger partial charge in [-0.25, -0.2) is 0 Å². The fourth-order valence-electron chi connectivity index (χ4n) is 2.12. The lowest BCUT2D eigenvalue weighted by molar-refractivity contribution is 0.0970. The highest BCUT2D eigenvalue weighted by Gasteiger charge is 2.15. The molecule has 3 rings (SSSR count). The summed E-state index contributed by atoms with van der Waals surface area (Å²) in [5.41, 5.74) is 1.53. The maximum absolute atomic E-state index is 12.4. The standard InChI is InChI=1S/C13H12N4O2S/c1-20(19)13-16-15-8-17(13)7-12(18)10-6-14-11-5-3-2-4-9(10)11/h2-6,8,14H,7H2,1H3/t20-/m1/s1. The summed E-state index contributed by atoms with van der Waals surface area (Å²) < 4.78 is 13.0. The number of nitrogens with one attached hydrogen (secondary N) is 1. The molecule has 2 heterocycles. The molecule has 0 aliphatic rings. The Morgan fingerprint density at radius 2 is 2.20 bits per heavy atom. The molecule has 0 saturated heterocycles. The van der Waals surface area contributed by atoms with Gasteiger partial charge in [-0.2, -0.15) is 0 Å². The number of aromatic nitrogens is 4. The molecular formula is C13H12N4O2S. The van der Waals surface area contributed by atoms with Crippen molar-refractivity contribution in [2.45, 2.75) is 11.7 Å². The quantitative estimate of drug-likeness (QED) is 0.735. The summed E-state index contributed by atoms with van der Waals surface area (Å²) in [6, 6.07) is 7.60. The maximum Gasteiger partial charge on any atom is 0.221 e. The molecule has 102 valence electrons. The summed E-state index contributed by atoms with van der Waals surface area (Å²) >= 11 is 0. The van der Waals surface area contributed by atoms with Crippen LogP contribution in [0.15, 0.2) is 41.9 Å². The van der Waals surface area contributed by atoms with Crippen molar-refractivity contribution in [3.8, 4) is 0 Å². The minimum atomic E-state index is -1.27. The van der Waals surface area contributed by atoms with Gasteiger partial charge in [0, 0.05) is 28.9 Å². The van der Waals surface area contributed by atoms with E-state index in [-0.39, 0.29) is 12.3 Å². The summed E-state index contributed by atoms with van der Waals surface area (Å²) in [4.78, 5) is 15.4. The zero-order valence-corrected chi connectivity index (χ0v) is 11.6. The van der Waals surface area contributed by atoms with Gasteiger partial charge in [-0.3, -0.25) is 13.6 Å². The first kappa shape index (κ1) is 12.7. The van der Waals surface area contributed by atoms with Crippen LogP contribution in [0.5, 0.6) is 0 Å². The molecule has 1 atom stereocenters. The first-order chi connectivity index (χ1) is 9.66. The summed E-state index contributed by atoms with van der Waals surface area (Å²) in [6.45, 7) is 0.0732. The Kier molecular flexibility index (Phi) is 3.19. The fourth-order valence-corrected chi connectivity index (χ4v) is 2.72. The van der Waals surface area contributed by atoms with Crippen molar-refractivity contribution in [1.29, 1.82) is 0 Å². The van der Waals surface area contributed by atoms with Crippen molar-refractivity contribution in [1.82, 2.24) is 19.7 Å². The fraction of sp³-hybridized carbons (Fsp3) is 0.154. The molecule has 0 aliphatic carbocycles. The average Bonchev–Trinajstić information content (AvgIpc) is 3.04. The Labute approximate surface area is 117 Å². The first-order valence-corrected chi connectivity index (χ1v) is 7.53. The highest BCUT2D eigenvalue weighted by Crippen LogP contribution is 2.18. The van der Waals surface area contributed by atoms with Crippen molar-refractivity contribution in [3.63, 3.8) is 0 Å². The number of carbonyl (C=O) groups is 1. The Morgan fingerprint density at radius 3 is 3.00 bits per heavy atom. The van der Waals surface area contributed by atoms with Crippen LogP contribution in [0.25, 0.3) is 10.9 Å². The maximum atomic E-state index is 12.4. The smallest absolute Gasteiger partial charge is 0.221 e. The molecule has 0 unspecified atom stereocenters. The highest BCUT2D eigenvalue weighted by molar-refractivity contribution is 7.84. The molecule has 0 saturated carbocycles. The van der Waals surface area contributed by atoms with Gasteiger partial charge >= 0.3 is 0 Å². The van der Waals surface area contributed by atoms with E-state index in [2.05, 4.69) is 15.2 Å². The lowest BCUT2D eigenvalue weighted by Crippen LogP contribution is -2.12. The van der Waals surface area contributed by atoms with Gasteiger partial charge in [0.05, 0.1) is 17.3 Å². The number of nitrogens with zero attached hydrogens (tertiary/aromatic N) is 3. The van der Waals surface area contributed by atoms with Gasteiger partial charge in [0.25, 0.3) is 0 Å². The minimum Gasteiger partial charge on any atom is -0.360 e. The monoisotopic (exact) mass is 288 g/mol. The number of carbonyl (C=O) groups excluding carboxylic acids is 1.